The number of hydrogen-bond acceptors (Lipinski definition) is 2. The smallest absolute Gasteiger partial charge is 0.244 e. The van der Waals surface area contributed by atoms with Crippen molar-refractivity contribution in [3.63, 3.8) is 0 Å². The van der Waals surface area contributed by atoms with E-state index in [0.717, 1.165) is 46.6 Å². The zero-order valence-electron chi connectivity index (χ0n) is 11.9. The minimum absolute atomic E-state index is 0.0605. The molecule has 4 heteroatoms. The molecule has 0 bridgehead atoms. The predicted molar refractivity (Wildman–Crippen MR) is 90.3 cm³/mol. The Kier molecular flexibility index (Phi) is 4.00. The van der Waals surface area contributed by atoms with E-state index in [-0.39, 0.29) is 5.91 Å². The highest BCUT2D eigenvalue weighted by atomic mass is 79.9. The van der Waals surface area contributed by atoms with Crippen LogP contribution in [0.1, 0.15) is 32.1 Å². The highest BCUT2D eigenvalue weighted by Gasteiger charge is 2.35. The number of fused-ring (bicyclic) bond motifs is 1. The number of rotatable bonds is 2. The van der Waals surface area contributed by atoms with Crippen LogP contribution in [-0.2, 0) is 4.79 Å². The first kappa shape index (κ1) is 14.5. The molecule has 1 aliphatic rings. The topological polar surface area (TPSA) is 55.1 Å². The predicted octanol–water partition coefficient (Wildman–Crippen LogP) is 4.20. The lowest BCUT2D eigenvalue weighted by Crippen LogP contribution is -2.52. The largest absolute Gasteiger partial charge is 0.324 e. The van der Waals surface area contributed by atoms with Gasteiger partial charge in [0.15, 0.2) is 0 Å². The maximum Gasteiger partial charge on any atom is 0.244 e. The summed E-state index contributed by atoms with van der Waals surface area (Å²) >= 11 is 3.55. The SMILES string of the molecule is NC1(C(=O)Nc2ccc(Br)c3ccccc23)CCCCC1. The van der Waals surface area contributed by atoms with Gasteiger partial charge in [-0.25, -0.2) is 0 Å². The number of hydrogen-bond donors (Lipinski definition) is 2. The summed E-state index contributed by atoms with van der Waals surface area (Å²) in [6.45, 7) is 0. The first-order valence-electron chi connectivity index (χ1n) is 7.38. The van der Waals surface area contributed by atoms with Crippen molar-refractivity contribution in [2.24, 2.45) is 5.73 Å². The van der Waals surface area contributed by atoms with Crippen molar-refractivity contribution < 1.29 is 4.79 Å². The van der Waals surface area contributed by atoms with Crippen LogP contribution in [0.5, 0.6) is 0 Å². The number of nitrogens with two attached hydrogens (primary N) is 1. The molecule has 3 rings (SSSR count). The van der Waals surface area contributed by atoms with Gasteiger partial charge >= 0.3 is 0 Å². The molecule has 3 N–H and O–H groups in total. The van der Waals surface area contributed by atoms with Crippen LogP contribution in [0.25, 0.3) is 10.8 Å². The number of benzene rings is 2. The standard InChI is InChI=1S/C17H19BrN2O/c18-14-8-9-15(13-7-3-2-6-12(13)14)20-16(21)17(19)10-4-1-5-11-17/h2-3,6-9H,1,4-5,10-11,19H2,(H,20,21). The van der Waals surface area contributed by atoms with Crippen LogP contribution >= 0.6 is 15.9 Å². The fraction of sp³-hybridized carbons (Fsp3) is 0.353. The van der Waals surface area contributed by atoms with E-state index in [1.165, 1.54) is 6.42 Å². The average molecular weight is 347 g/mol. The first-order chi connectivity index (χ1) is 10.1. The van der Waals surface area contributed by atoms with Crippen LogP contribution < -0.4 is 11.1 Å². The Morgan fingerprint density at radius 2 is 1.71 bits per heavy atom. The molecule has 0 heterocycles. The summed E-state index contributed by atoms with van der Waals surface area (Å²) < 4.78 is 1.02. The molecule has 0 aromatic heterocycles. The molecule has 1 amide bonds. The molecule has 0 atom stereocenters. The molecule has 0 saturated heterocycles. The second kappa shape index (κ2) is 5.78. The molecule has 1 fully saturated rings. The molecule has 2 aromatic carbocycles. The molecular formula is C17H19BrN2O. The van der Waals surface area contributed by atoms with Crippen molar-refractivity contribution in [3.05, 3.63) is 40.9 Å². The van der Waals surface area contributed by atoms with Crippen molar-refractivity contribution in [1.82, 2.24) is 0 Å². The number of carbonyl (C=O) groups excluding carboxylic acids is 1. The van der Waals surface area contributed by atoms with Crippen LogP contribution in [0.2, 0.25) is 0 Å². The lowest BCUT2D eigenvalue weighted by molar-refractivity contribution is -0.122. The molecule has 1 aliphatic carbocycles. The van der Waals surface area contributed by atoms with E-state index in [2.05, 4.69) is 21.2 Å². The third-order valence-electron chi connectivity index (χ3n) is 4.32. The minimum atomic E-state index is -0.716. The van der Waals surface area contributed by atoms with Crippen LogP contribution in [-0.4, -0.2) is 11.4 Å². The van der Waals surface area contributed by atoms with E-state index < -0.39 is 5.54 Å². The van der Waals surface area contributed by atoms with Gasteiger partial charge in [0, 0.05) is 15.5 Å². The maximum atomic E-state index is 12.6. The van der Waals surface area contributed by atoms with Gasteiger partial charge in [0.2, 0.25) is 5.91 Å². The molecule has 110 valence electrons. The van der Waals surface area contributed by atoms with Crippen molar-refractivity contribution in [3.8, 4) is 0 Å². The summed E-state index contributed by atoms with van der Waals surface area (Å²) in [4.78, 5) is 12.6. The van der Waals surface area contributed by atoms with E-state index in [1.807, 2.05) is 36.4 Å². The summed E-state index contributed by atoms with van der Waals surface area (Å²) in [6, 6.07) is 11.9. The first-order valence-corrected chi connectivity index (χ1v) is 8.17. The van der Waals surface area contributed by atoms with E-state index in [9.17, 15) is 4.79 Å². The van der Waals surface area contributed by atoms with Gasteiger partial charge in [-0.1, -0.05) is 59.5 Å². The quantitative estimate of drug-likeness (QED) is 0.855. The van der Waals surface area contributed by atoms with Crippen molar-refractivity contribution in [2.75, 3.05) is 5.32 Å². The molecule has 1 saturated carbocycles. The average Bonchev–Trinajstić information content (AvgIpc) is 2.51. The Morgan fingerprint density at radius 1 is 1.05 bits per heavy atom. The number of amides is 1. The zero-order valence-corrected chi connectivity index (χ0v) is 13.4. The molecular weight excluding hydrogens is 328 g/mol. The summed E-state index contributed by atoms with van der Waals surface area (Å²) in [5.74, 6) is -0.0605. The Bertz CT molecular complexity index is 678. The third-order valence-corrected chi connectivity index (χ3v) is 5.01. The number of nitrogens with one attached hydrogen (secondary N) is 1. The fourth-order valence-electron chi connectivity index (χ4n) is 3.03. The van der Waals surface area contributed by atoms with Gasteiger partial charge < -0.3 is 11.1 Å². The van der Waals surface area contributed by atoms with Crippen LogP contribution in [0.15, 0.2) is 40.9 Å². The normalized spacial score (nSPS) is 17.6. The van der Waals surface area contributed by atoms with Crippen LogP contribution in [0, 0.1) is 0 Å². The lowest BCUT2D eigenvalue weighted by atomic mass is 9.82. The van der Waals surface area contributed by atoms with Gasteiger partial charge in [-0.05, 0) is 30.4 Å². The third kappa shape index (κ3) is 2.83. The maximum absolute atomic E-state index is 12.6. The molecule has 0 unspecified atom stereocenters. The van der Waals surface area contributed by atoms with Gasteiger partial charge in [0.1, 0.15) is 0 Å². The molecule has 21 heavy (non-hydrogen) atoms. The molecule has 2 aromatic rings. The van der Waals surface area contributed by atoms with E-state index in [0.29, 0.717) is 0 Å². The number of anilines is 1. The second-order valence-electron chi connectivity index (χ2n) is 5.81. The zero-order chi connectivity index (χ0) is 14.9. The lowest BCUT2D eigenvalue weighted by Gasteiger charge is -2.32. The summed E-state index contributed by atoms with van der Waals surface area (Å²) in [5.41, 5.74) is 6.42. The summed E-state index contributed by atoms with van der Waals surface area (Å²) in [6.07, 6.45) is 4.78. The van der Waals surface area contributed by atoms with Gasteiger partial charge in [0.05, 0.1) is 5.54 Å². The summed E-state index contributed by atoms with van der Waals surface area (Å²) in [7, 11) is 0. The van der Waals surface area contributed by atoms with E-state index in [1.54, 1.807) is 0 Å². The molecule has 3 nitrogen and oxygen atoms in total. The Hall–Kier alpha value is -1.39. The highest BCUT2D eigenvalue weighted by molar-refractivity contribution is 9.10. The molecule has 0 spiro atoms. The van der Waals surface area contributed by atoms with E-state index in [4.69, 9.17) is 5.73 Å². The van der Waals surface area contributed by atoms with Gasteiger partial charge in [0.25, 0.3) is 0 Å². The fourth-order valence-corrected chi connectivity index (χ4v) is 3.51. The number of carbonyl (C=O) groups is 1. The van der Waals surface area contributed by atoms with Gasteiger partial charge in [-0.3, -0.25) is 4.79 Å². The van der Waals surface area contributed by atoms with Crippen molar-refractivity contribution in [2.45, 2.75) is 37.6 Å². The van der Waals surface area contributed by atoms with Crippen molar-refractivity contribution in [1.29, 1.82) is 0 Å². The molecule has 0 aliphatic heterocycles. The van der Waals surface area contributed by atoms with Crippen LogP contribution in [0.4, 0.5) is 5.69 Å². The van der Waals surface area contributed by atoms with Gasteiger partial charge in [-0.15, -0.1) is 0 Å². The highest BCUT2D eigenvalue weighted by Crippen LogP contribution is 2.32. The second-order valence-corrected chi connectivity index (χ2v) is 6.67. The summed E-state index contributed by atoms with van der Waals surface area (Å²) in [5, 5.41) is 5.15. The van der Waals surface area contributed by atoms with Gasteiger partial charge in [-0.2, -0.15) is 0 Å². The minimum Gasteiger partial charge on any atom is -0.324 e. The van der Waals surface area contributed by atoms with Crippen molar-refractivity contribution >= 4 is 38.3 Å². The Morgan fingerprint density at radius 3 is 2.43 bits per heavy atom. The monoisotopic (exact) mass is 346 g/mol. The van der Waals surface area contributed by atoms with E-state index >= 15 is 0 Å². The molecule has 0 radical (unpaired) electrons. The van der Waals surface area contributed by atoms with Crippen LogP contribution in [0.3, 0.4) is 0 Å². The number of halogens is 1. The Labute approximate surface area is 133 Å². The Balaban J connectivity index is 1.91.